The number of aromatic nitrogens is 4. The Morgan fingerprint density at radius 2 is 1.97 bits per heavy atom. The summed E-state index contributed by atoms with van der Waals surface area (Å²) in [5, 5.41) is 18.4. The van der Waals surface area contributed by atoms with Crippen molar-refractivity contribution in [1.29, 1.82) is 0 Å². The van der Waals surface area contributed by atoms with Crippen molar-refractivity contribution in [2.75, 3.05) is 31.2 Å². The lowest BCUT2D eigenvalue weighted by atomic mass is 9.66. The molecule has 3 heterocycles. The summed E-state index contributed by atoms with van der Waals surface area (Å²) < 4.78 is 34.6. The lowest BCUT2D eigenvalue weighted by Gasteiger charge is -2.38. The summed E-state index contributed by atoms with van der Waals surface area (Å²) in [6.07, 6.45) is 3.29. The average molecular weight is 480 g/mol. The largest absolute Gasteiger partial charge is 0.394 e. The van der Waals surface area contributed by atoms with Gasteiger partial charge in [0, 0.05) is 19.3 Å². The van der Waals surface area contributed by atoms with Crippen LogP contribution in [-0.2, 0) is 10.2 Å². The highest BCUT2D eigenvalue weighted by atomic mass is 19.1. The van der Waals surface area contributed by atoms with Gasteiger partial charge in [0.2, 0.25) is 5.95 Å². The number of hydrogen-bond acceptors (Lipinski definition) is 7. The van der Waals surface area contributed by atoms with Crippen molar-refractivity contribution >= 4 is 5.95 Å². The van der Waals surface area contributed by atoms with Gasteiger partial charge in [-0.15, -0.1) is 5.10 Å². The number of aliphatic hydroxyl groups is 1. The minimum absolute atomic E-state index is 0.0528. The predicted molar refractivity (Wildman–Crippen MR) is 125 cm³/mol. The van der Waals surface area contributed by atoms with Gasteiger partial charge in [-0.25, -0.2) is 18.7 Å². The molecular formula is C26H27F2N5O2. The summed E-state index contributed by atoms with van der Waals surface area (Å²) in [5.74, 6) is -0.529. The number of nitrogens with zero attached hydrogens (tertiary/aromatic N) is 5. The highest BCUT2D eigenvalue weighted by molar-refractivity contribution is 5.64. The van der Waals surface area contributed by atoms with E-state index in [1.807, 2.05) is 17.0 Å². The van der Waals surface area contributed by atoms with Gasteiger partial charge in [-0.2, -0.15) is 5.10 Å². The zero-order chi connectivity index (χ0) is 24.4. The Bertz CT molecular complexity index is 1280. The molecule has 1 aliphatic heterocycles. The smallest absolute Gasteiger partial charge is 0.225 e. The first kappa shape index (κ1) is 22.4. The predicted octanol–water partition coefficient (Wildman–Crippen LogP) is 3.61. The molecule has 2 bridgehead atoms. The van der Waals surface area contributed by atoms with Crippen molar-refractivity contribution in [3.8, 4) is 11.3 Å². The maximum atomic E-state index is 14.5. The molecule has 1 aromatic carbocycles. The second-order valence-corrected chi connectivity index (χ2v) is 10.2. The number of benzene rings is 1. The minimum atomic E-state index is -0.650. The molecule has 3 atom stereocenters. The highest BCUT2D eigenvalue weighted by Gasteiger charge is 2.65. The third-order valence-corrected chi connectivity index (χ3v) is 8.31. The van der Waals surface area contributed by atoms with Crippen LogP contribution in [0, 0.1) is 17.0 Å². The number of rotatable bonds is 4. The monoisotopic (exact) mass is 479 g/mol. The number of morpholine rings is 1. The number of ether oxygens (including phenoxy) is 1. The second kappa shape index (κ2) is 7.99. The molecular weight excluding hydrogens is 452 g/mol. The van der Waals surface area contributed by atoms with E-state index in [-0.39, 0.29) is 35.3 Å². The lowest BCUT2D eigenvalue weighted by Crippen LogP contribution is -2.45. The highest BCUT2D eigenvalue weighted by Crippen LogP contribution is 2.69. The molecule has 2 fully saturated rings. The summed E-state index contributed by atoms with van der Waals surface area (Å²) >= 11 is 0. The number of anilines is 1. The van der Waals surface area contributed by atoms with E-state index in [0.717, 1.165) is 29.8 Å². The van der Waals surface area contributed by atoms with E-state index in [1.165, 1.54) is 18.2 Å². The Morgan fingerprint density at radius 3 is 2.74 bits per heavy atom. The maximum Gasteiger partial charge on any atom is 0.225 e. The van der Waals surface area contributed by atoms with Crippen molar-refractivity contribution in [2.45, 2.75) is 44.1 Å². The van der Waals surface area contributed by atoms with Gasteiger partial charge in [0.05, 0.1) is 47.4 Å². The molecule has 1 saturated heterocycles. The molecule has 0 amide bonds. The Hall–Kier alpha value is -3.04. The van der Waals surface area contributed by atoms with Crippen LogP contribution in [0.5, 0.6) is 0 Å². The molecule has 3 aromatic rings. The molecule has 9 heteroatoms. The van der Waals surface area contributed by atoms with Crippen molar-refractivity contribution in [1.82, 2.24) is 20.2 Å². The lowest BCUT2D eigenvalue weighted by molar-refractivity contribution is 0.00311. The van der Waals surface area contributed by atoms with Crippen LogP contribution < -0.4 is 4.90 Å². The van der Waals surface area contributed by atoms with E-state index >= 15 is 0 Å². The fourth-order valence-corrected chi connectivity index (χ4v) is 6.51. The molecule has 182 valence electrons. The summed E-state index contributed by atoms with van der Waals surface area (Å²) in [6.45, 7) is 6.05. The van der Waals surface area contributed by atoms with Crippen molar-refractivity contribution in [3.05, 3.63) is 65.1 Å². The van der Waals surface area contributed by atoms with Gasteiger partial charge in [-0.3, -0.25) is 0 Å². The molecule has 2 aliphatic carbocycles. The topological polar surface area (TPSA) is 84.3 Å². The number of hydrogen-bond donors (Lipinski definition) is 1. The van der Waals surface area contributed by atoms with Crippen LogP contribution in [0.25, 0.3) is 11.3 Å². The van der Waals surface area contributed by atoms with Crippen LogP contribution in [0.3, 0.4) is 0 Å². The first-order valence-corrected chi connectivity index (χ1v) is 12.0. The second-order valence-electron chi connectivity index (χ2n) is 10.2. The molecule has 3 aliphatic rings. The maximum absolute atomic E-state index is 14.5. The van der Waals surface area contributed by atoms with E-state index < -0.39 is 17.0 Å². The Morgan fingerprint density at radius 1 is 1.17 bits per heavy atom. The molecule has 2 aromatic heterocycles. The van der Waals surface area contributed by atoms with Gasteiger partial charge < -0.3 is 14.7 Å². The van der Waals surface area contributed by atoms with Gasteiger partial charge in [0.25, 0.3) is 0 Å². The Balaban J connectivity index is 1.45. The van der Waals surface area contributed by atoms with E-state index in [9.17, 15) is 13.9 Å². The Labute approximate surface area is 202 Å². The first-order valence-electron chi connectivity index (χ1n) is 12.0. The normalized spacial score (nSPS) is 26.7. The van der Waals surface area contributed by atoms with Crippen LogP contribution in [-0.4, -0.2) is 57.7 Å². The SMILES string of the molecule is CC1(C)[C@H]2CC[C@]1(c1ccnc(N3CCO[C@@H](CO)C3)n1)c1nnc(-c3c(F)cccc3F)cc12. The summed E-state index contributed by atoms with van der Waals surface area (Å²) in [4.78, 5) is 11.6. The van der Waals surface area contributed by atoms with Gasteiger partial charge in [0.15, 0.2) is 0 Å². The van der Waals surface area contributed by atoms with Crippen LogP contribution in [0.15, 0.2) is 36.5 Å². The fourth-order valence-electron chi connectivity index (χ4n) is 6.51. The molecule has 7 nitrogen and oxygen atoms in total. The summed E-state index contributed by atoms with van der Waals surface area (Å²) in [5.41, 5.74) is 2.06. The van der Waals surface area contributed by atoms with Gasteiger partial charge in [-0.05, 0) is 54.0 Å². The van der Waals surface area contributed by atoms with Crippen molar-refractivity contribution in [2.24, 2.45) is 5.41 Å². The third kappa shape index (κ3) is 3.14. The van der Waals surface area contributed by atoms with Gasteiger partial charge >= 0.3 is 0 Å². The minimum Gasteiger partial charge on any atom is -0.394 e. The number of halogens is 2. The summed E-state index contributed by atoms with van der Waals surface area (Å²) in [7, 11) is 0. The molecule has 1 saturated carbocycles. The molecule has 1 N–H and O–H groups in total. The van der Waals surface area contributed by atoms with E-state index in [0.29, 0.717) is 25.6 Å². The standard InChI is InChI=1S/C26H27F2N5O2/c1-25(2)17-6-8-26(25,21-7-9-29-24(30-21)33-10-11-35-15(13-33)14-34)23-16(17)12-20(31-32-23)22-18(27)4-3-5-19(22)28/h3-5,7,9,12,15,17,34H,6,8,10-11,13-14H2,1-2H3/t15-,17+,26+/m1/s1. The number of fused-ring (bicyclic) bond motifs is 5. The Kier molecular flexibility index (Phi) is 5.12. The van der Waals surface area contributed by atoms with Crippen LogP contribution in [0.2, 0.25) is 0 Å². The van der Waals surface area contributed by atoms with E-state index in [2.05, 4.69) is 29.0 Å². The van der Waals surface area contributed by atoms with Crippen LogP contribution >= 0.6 is 0 Å². The quantitative estimate of drug-likeness (QED) is 0.612. The first-order chi connectivity index (χ1) is 16.9. The van der Waals surface area contributed by atoms with Crippen LogP contribution in [0.1, 0.15) is 49.6 Å². The summed E-state index contributed by atoms with van der Waals surface area (Å²) in [6, 6.07) is 7.57. The average Bonchev–Trinajstić information content (AvgIpc) is 3.25. The molecule has 0 unspecified atom stereocenters. The zero-order valence-electron chi connectivity index (χ0n) is 19.7. The molecule has 0 radical (unpaired) electrons. The van der Waals surface area contributed by atoms with Gasteiger partial charge in [0.1, 0.15) is 11.6 Å². The van der Waals surface area contributed by atoms with E-state index in [1.54, 1.807) is 6.20 Å². The molecule has 0 spiro atoms. The molecule has 35 heavy (non-hydrogen) atoms. The van der Waals surface area contributed by atoms with Crippen molar-refractivity contribution in [3.63, 3.8) is 0 Å². The molecule has 6 rings (SSSR count). The van der Waals surface area contributed by atoms with Crippen LogP contribution in [0.4, 0.5) is 14.7 Å². The number of aliphatic hydroxyl groups excluding tert-OH is 1. The van der Waals surface area contributed by atoms with Gasteiger partial charge in [-0.1, -0.05) is 19.9 Å². The fraction of sp³-hybridized carbons (Fsp3) is 0.462. The van der Waals surface area contributed by atoms with Crippen molar-refractivity contribution < 1.29 is 18.6 Å². The zero-order valence-corrected chi connectivity index (χ0v) is 19.7. The van der Waals surface area contributed by atoms with E-state index in [4.69, 9.17) is 9.72 Å². The third-order valence-electron chi connectivity index (χ3n) is 8.31.